The second-order valence-corrected chi connectivity index (χ2v) is 5.17. The van der Waals surface area contributed by atoms with Crippen LogP contribution in [0.25, 0.3) is 0 Å². The van der Waals surface area contributed by atoms with Gasteiger partial charge in [-0.25, -0.2) is 19.9 Å². The van der Waals surface area contributed by atoms with E-state index >= 15 is 0 Å². The van der Waals surface area contributed by atoms with Crippen molar-refractivity contribution in [2.24, 2.45) is 0 Å². The Labute approximate surface area is 117 Å². The van der Waals surface area contributed by atoms with E-state index in [4.69, 9.17) is 0 Å². The molecule has 2 aromatic heterocycles. The smallest absolute Gasteiger partial charge is 0.223 e. The van der Waals surface area contributed by atoms with Crippen LogP contribution in [0.3, 0.4) is 0 Å². The second kappa shape index (κ2) is 6.47. The molecule has 0 saturated carbocycles. The highest BCUT2D eigenvalue weighted by atomic mass is 32.2. The second-order valence-electron chi connectivity index (χ2n) is 4.18. The van der Waals surface area contributed by atoms with Gasteiger partial charge in [-0.3, -0.25) is 0 Å². The van der Waals surface area contributed by atoms with Gasteiger partial charge in [0.15, 0.2) is 5.16 Å². The van der Waals surface area contributed by atoms with E-state index < -0.39 is 0 Å². The van der Waals surface area contributed by atoms with E-state index in [2.05, 4.69) is 32.2 Å². The van der Waals surface area contributed by atoms with Gasteiger partial charge in [0.1, 0.15) is 5.03 Å². The van der Waals surface area contributed by atoms with Gasteiger partial charge in [0, 0.05) is 24.1 Å². The highest BCUT2D eigenvalue weighted by Gasteiger charge is 2.05. The molecule has 2 heterocycles. The van der Waals surface area contributed by atoms with E-state index in [1.807, 2.05) is 26.0 Å². The van der Waals surface area contributed by atoms with Crippen LogP contribution in [0.15, 0.2) is 28.5 Å². The summed E-state index contributed by atoms with van der Waals surface area (Å²) in [5.74, 6) is 0.649. The van der Waals surface area contributed by atoms with Gasteiger partial charge in [0.05, 0.1) is 0 Å². The molecule has 2 aromatic rings. The number of aromatic nitrogens is 4. The van der Waals surface area contributed by atoms with Crippen molar-refractivity contribution in [1.82, 2.24) is 19.9 Å². The Morgan fingerprint density at radius 2 is 1.89 bits per heavy atom. The molecule has 100 valence electrons. The van der Waals surface area contributed by atoms with Crippen LogP contribution in [0.2, 0.25) is 0 Å². The molecule has 0 fully saturated rings. The zero-order chi connectivity index (χ0) is 13.7. The molecule has 5 nitrogen and oxygen atoms in total. The van der Waals surface area contributed by atoms with Crippen LogP contribution in [-0.4, -0.2) is 26.5 Å². The number of nitrogens with one attached hydrogen (secondary N) is 1. The standard InChI is InChI=1S/C13H17N5S/c1-4-6-14-12-15-7-5-11(18-12)19-13-16-9(2)8-10(3)17-13/h5,7-8H,4,6H2,1-3H3,(H,14,15,18). The van der Waals surface area contributed by atoms with Crippen molar-refractivity contribution in [2.75, 3.05) is 11.9 Å². The van der Waals surface area contributed by atoms with Crippen LogP contribution in [0.5, 0.6) is 0 Å². The number of aryl methyl sites for hydroxylation is 2. The van der Waals surface area contributed by atoms with Crippen molar-refractivity contribution >= 4 is 17.7 Å². The Morgan fingerprint density at radius 3 is 2.58 bits per heavy atom. The lowest BCUT2D eigenvalue weighted by molar-refractivity contribution is 0.895. The molecule has 0 saturated heterocycles. The summed E-state index contributed by atoms with van der Waals surface area (Å²) in [6.45, 7) is 6.91. The highest BCUT2D eigenvalue weighted by Crippen LogP contribution is 2.23. The zero-order valence-electron chi connectivity index (χ0n) is 11.3. The van der Waals surface area contributed by atoms with Gasteiger partial charge in [0.25, 0.3) is 0 Å². The fourth-order valence-electron chi connectivity index (χ4n) is 1.55. The SMILES string of the molecule is CCCNc1nccc(Sc2nc(C)cc(C)n2)n1. The zero-order valence-corrected chi connectivity index (χ0v) is 12.2. The first kappa shape index (κ1) is 13.7. The molecule has 0 bridgehead atoms. The number of hydrogen-bond donors (Lipinski definition) is 1. The van der Waals surface area contributed by atoms with Gasteiger partial charge in [-0.05, 0) is 44.2 Å². The molecule has 2 rings (SSSR count). The molecular formula is C13H17N5S. The lowest BCUT2D eigenvalue weighted by Crippen LogP contribution is -2.04. The van der Waals surface area contributed by atoms with Crippen molar-refractivity contribution in [3.63, 3.8) is 0 Å². The summed E-state index contributed by atoms with van der Waals surface area (Å²) in [6, 6.07) is 3.82. The molecule has 0 amide bonds. The number of nitrogens with zero attached hydrogens (tertiary/aromatic N) is 4. The first-order chi connectivity index (χ1) is 9.17. The third-order valence-electron chi connectivity index (χ3n) is 2.32. The Hall–Kier alpha value is -1.69. The lowest BCUT2D eigenvalue weighted by atomic mass is 10.4. The van der Waals surface area contributed by atoms with Crippen molar-refractivity contribution < 1.29 is 0 Å². The Bertz CT molecular complexity index is 538. The molecule has 1 N–H and O–H groups in total. The molecule has 0 spiro atoms. The van der Waals surface area contributed by atoms with Gasteiger partial charge in [-0.2, -0.15) is 0 Å². The van der Waals surface area contributed by atoms with Crippen molar-refractivity contribution in [3.05, 3.63) is 29.7 Å². The summed E-state index contributed by atoms with van der Waals surface area (Å²) >= 11 is 1.45. The summed E-state index contributed by atoms with van der Waals surface area (Å²) in [6.07, 6.45) is 2.79. The molecule has 0 aromatic carbocycles. The summed E-state index contributed by atoms with van der Waals surface area (Å²) in [5, 5.41) is 4.73. The topological polar surface area (TPSA) is 63.6 Å². The molecule has 0 radical (unpaired) electrons. The highest BCUT2D eigenvalue weighted by molar-refractivity contribution is 7.99. The minimum atomic E-state index is 0.649. The first-order valence-corrected chi connectivity index (χ1v) is 7.06. The van der Waals surface area contributed by atoms with E-state index in [1.54, 1.807) is 6.20 Å². The minimum Gasteiger partial charge on any atom is -0.354 e. The van der Waals surface area contributed by atoms with E-state index in [9.17, 15) is 0 Å². The van der Waals surface area contributed by atoms with E-state index in [-0.39, 0.29) is 0 Å². The molecule has 6 heteroatoms. The van der Waals surface area contributed by atoms with Gasteiger partial charge in [-0.15, -0.1) is 0 Å². The third kappa shape index (κ3) is 4.17. The molecule has 0 unspecified atom stereocenters. The van der Waals surface area contributed by atoms with Crippen molar-refractivity contribution in [2.45, 2.75) is 37.4 Å². The number of rotatable bonds is 5. The maximum Gasteiger partial charge on any atom is 0.223 e. The van der Waals surface area contributed by atoms with E-state index in [0.29, 0.717) is 5.95 Å². The molecule has 0 aliphatic rings. The summed E-state index contributed by atoms with van der Waals surface area (Å²) in [5.41, 5.74) is 1.93. The molecule has 0 aliphatic heterocycles. The van der Waals surface area contributed by atoms with Crippen LogP contribution >= 0.6 is 11.8 Å². The Morgan fingerprint density at radius 1 is 1.16 bits per heavy atom. The fourth-order valence-corrected chi connectivity index (χ4v) is 2.38. The van der Waals surface area contributed by atoms with Crippen LogP contribution in [0, 0.1) is 13.8 Å². The summed E-state index contributed by atoms with van der Waals surface area (Å²) in [4.78, 5) is 17.4. The molecular weight excluding hydrogens is 258 g/mol. The average molecular weight is 275 g/mol. The molecule has 0 aliphatic carbocycles. The van der Waals surface area contributed by atoms with E-state index in [0.717, 1.165) is 34.5 Å². The number of hydrogen-bond acceptors (Lipinski definition) is 6. The largest absolute Gasteiger partial charge is 0.354 e. The number of anilines is 1. The van der Waals surface area contributed by atoms with Gasteiger partial charge in [0.2, 0.25) is 5.95 Å². The minimum absolute atomic E-state index is 0.649. The van der Waals surface area contributed by atoms with Crippen LogP contribution in [-0.2, 0) is 0 Å². The maximum atomic E-state index is 4.43. The predicted octanol–water partition coefficient (Wildman–Crippen LogP) is 2.86. The monoisotopic (exact) mass is 275 g/mol. The summed E-state index contributed by atoms with van der Waals surface area (Å²) in [7, 11) is 0. The van der Waals surface area contributed by atoms with E-state index in [1.165, 1.54) is 11.8 Å². The first-order valence-electron chi connectivity index (χ1n) is 6.24. The van der Waals surface area contributed by atoms with Crippen molar-refractivity contribution in [3.8, 4) is 0 Å². The maximum absolute atomic E-state index is 4.43. The molecule has 0 atom stereocenters. The lowest BCUT2D eigenvalue weighted by Gasteiger charge is -2.05. The van der Waals surface area contributed by atoms with Crippen LogP contribution in [0.1, 0.15) is 24.7 Å². The Balaban J connectivity index is 2.13. The van der Waals surface area contributed by atoms with Gasteiger partial charge in [-0.1, -0.05) is 6.92 Å². The third-order valence-corrected chi connectivity index (χ3v) is 3.12. The van der Waals surface area contributed by atoms with Crippen LogP contribution in [0.4, 0.5) is 5.95 Å². The predicted molar refractivity (Wildman–Crippen MR) is 76.4 cm³/mol. The van der Waals surface area contributed by atoms with Crippen LogP contribution < -0.4 is 5.32 Å². The van der Waals surface area contributed by atoms with Crippen molar-refractivity contribution in [1.29, 1.82) is 0 Å². The molecule has 19 heavy (non-hydrogen) atoms. The quantitative estimate of drug-likeness (QED) is 0.668. The van der Waals surface area contributed by atoms with Gasteiger partial charge >= 0.3 is 0 Å². The average Bonchev–Trinajstić information content (AvgIpc) is 2.35. The fraction of sp³-hybridized carbons (Fsp3) is 0.385. The van der Waals surface area contributed by atoms with Gasteiger partial charge < -0.3 is 5.32 Å². The summed E-state index contributed by atoms with van der Waals surface area (Å²) < 4.78 is 0. The Kier molecular flexibility index (Phi) is 4.68. The normalized spacial score (nSPS) is 10.5.